The van der Waals surface area contributed by atoms with Crippen molar-refractivity contribution in [2.24, 2.45) is 4.99 Å². The van der Waals surface area contributed by atoms with Crippen LogP contribution in [-0.4, -0.2) is 40.4 Å². The first-order valence-electron chi connectivity index (χ1n) is 8.86. The second-order valence-electron chi connectivity index (χ2n) is 6.15. The van der Waals surface area contributed by atoms with Gasteiger partial charge in [0.25, 0.3) is 0 Å². The highest BCUT2D eigenvalue weighted by Gasteiger charge is 2.03. The van der Waals surface area contributed by atoms with E-state index in [1.165, 1.54) is 12.1 Å². The molecule has 1 aromatic carbocycles. The van der Waals surface area contributed by atoms with Crippen molar-refractivity contribution in [3.8, 4) is 0 Å². The maximum Gasteiger partial charge on any atom is 0.191 e. The molecule has 0 saturated carbocycles. The smallest absolute Gasteiger partial charge is 0.191 e. The summed E-state index contributed by atoms with van der Waals surface area (Å²) in [4.78, 5) is 4.52. The van der Waals surface area contributed by atoms with Gasteiger partial charge in [0.15, 0.2) is 5.96 Å². The van der Waals surface area contributed by atoms with Crippen molar-refractivity contribution >= 4 is 5.96 Å². The number of halogens is 1. The van der Waals surface area contributed by atoms with Crippen LogP contribution in [0.5, 0.6) is 0 Å². The zero-order chi connectivity index (χ0) is 18.8. The van der Waals surface area contributed by atoms with E-state index < -0.39 is 0 Å². The van der Waals surface area contributed by atoms with Crippen LogP contribution in [0.2, 0.25) is 0 Å². The minimum Gasteiger partial charge on any atom is -0.356 e. The van der Waals surface area contributed by atoms with Gasteiger partial charge in [0.2, 0.25) is 0 Å². The lowest BCUT2D eigenvalue weighted by Gasteiger charge is -2.13. The maximum atomic E-state index is 13.0. The van der Waals surface area contributed by atoms with Gasteiger partial charge < -0.3 is 15.2 Å². The summed E-state index contributed by atoms with van der Waals surface area (Å²) < 4.78 is 15.0. The molecule has 0 aliphatic heterocycles. The van der Waals surface area contributed by atoms with Gasteiger partial charge in [0.1, 0.15) is 18.0 Å². The van der Waals surface area contributed by atoms with Gasteiger partial charge in [-0.15, -0.1) is 10.2 Å². The molecular weight excluding hydrogens is 331 g/mol. The summed E-state index contributed by atoms with van der Waals surface area (Å²) >= 11 is 0. The molecule has 1 heterocycles. The predicted octanol–water partition coefficient (Wildman–Crippen LogP) is 2.33. The quantitative estimate of drug-likeness (QED) is 0.410. The summed E-state index contributed by atoms with van der Waals surface area (Å²) in [6.45, 7) is 10.7. The van der Waals surface area contributed by atoms with E-state index >= 15 is 0 Å². The van der Waals surface area contributed by atoms with E-state index in [1.807, 2.05) is 11.5 Å². The largest absolute Gasteiger partial charge is 0.356 e. The first kappa shape index (κ1) is 19.6. The summed E-state index contributed by atoms with van der Waals surface area (Å²) in [5.74, 6) is 1.49. The molecule has 2 N–H and O–H groups in total. The molecule has 0 aliphatic carbocycles. The van der Waals surface area contributed by atoms with Crippen molar-refractivity contribution in [3.63, 3.8) is 0 Å². The number of aliphatic imine (C=N–C) groups is 1. The van der Waals surface area contributed by atoms with E-state index in [2.05, 4.69) is 39.3 Å². The predicted molar refractivity (Wildman–Crippen MR) is 103 cm³/mol. The Morgan fingerprint density at radius 1 is 1.23 bits per heavy atom. The lowest BCUT2D eigenvalue weighted by molar-refractivity contribution is 0.626. The molecule has 6 nitrogen and oxygen atoms in total. The number of nitrogens with zero attached hydrogens (tertiary/aromatic N) is 4. The molecule has 0 aliphatic rings. The Labute approximate surface area is 154 Å². The molecule has 0 saturated heterocycles. The Morgan fingerprint density at radius 3 is 2.65 bits per heavy atom. The molecule has 0 atom stereocenters. The van der Waals surface area contributed by atoms with Crippen molar-refractivity contribution in [1.82, 2.24) is 25.4 Å². The normalized spacial score (nSPS) is 11.4. The van der Waals surface area contributed by atoms with E-state index in [1.54, 1.807) is 18.5 Å². The van der Waals surface area contributed by atoms with Crippen LogP contribution in [0, 0.1) is 5.82 Å². The van der Waals surface area contributed by atoms with Crippen LogP contribution in [-0.2, 0) is 19.4 Å². The van der Waals surface area contributed by atoms with Crippen LogP contribution >= 0.6 is 0 Å². The number of aromatic nitrogens is 3. The number of guanidine groups is 1. The molecule has 0 fully saturated rings. The first-order chi connectivity index (χ1) is 12.6. The molecular formula is C19H27FN6. The summed E-state index contributed by atoms with van der Waals surface area (Å²) in [6, 6.07) is 6.56. The minimum atomic E-state index is -0.215. The van der Waals surface area contributed by atoms with Gasteiger partial charge in [0.05, 0.1) is 6.54 Å². The Morgan fingerprint density at radius 2 is 1.96 bits per heavy atom. The maximum absolute atomic E-state index is 13.0. The standard InChI is InChI=1S/C19H27FN6/c1-4-18-25-24-14-26(18)12-11-22-19(23-13-15(2)3)21-10-9-16-5-7-17(20)8-6-16/h5-8,14H,2,4,9-13H2,1,3H3,(H2,21,22,23). The molecule has 140 valence electrons. The van der Waals surface area contributed by atoms with E-state index in [0.29, 0.717) is 19.6 Å². The lowest BCUT2D eigenvalue weighted by atomic mass is 10.1. The van der Waals surface area contributed by atoms with E-state index in [-0.39, 0.29) is 5.82 Å². The summed E-state index contributed by atoms with van der Waals surface area (Å²) in [6.07, 6.45) is 3.39. The van der Waals surface area contributed by atoms with Crippen LogP contribution in [0.15, 0.2) is 47.7 Å². The van der Waals surface area contributed by atoms with Gasteiger partial charge in [-0.3, -0.25) is 0 Å². The van der Waals surface area contributed by atoms with E-state index in [9.17, 15) is 4.39 Å². The number of hydrogen-bond donors (Lipinski definition) is 2. The summed E-state index contributed by atoms with van der Waals surface area (Å²) in [7, 11) is 0. The van der Waals surface area contributed by atoms with Crippen molar-refractivity contribution < 1.29 is 4.39 Å². The zero-order valence-electron chi connectivity index (χ0n) is 15.5. The van der Waals surface area contributed by atoms with Gasteiger partial charge in [-0.25, -0.2) is 9.38 Å². The third-order valence-electron chi connectivity index (χ3n) is 3.78. The SMILES string of the molecule is C=C(C)CN=C(NCCc1ccc(F)cc1)NCCn1cnnc1CC. The highest BCUT2D eigenvalue weighted by molar-refractivity contribution is 5.79. The van der Waals surface area contributed by atoms with E-state index in [4.69, 9.17) is 0 Å². The molecule has 7 heteroatoms. The minimum absolute atomic E-state index is 0.215. The zero-order valence-corrected chi connectivity index (χ0v) is 15.5. The fourth-order valence-corrected chi connectivity index (χ4v) is 2.40. The fraction of sp³-hybridized carbons (Fsp3) is 0.421. The molecule has 0 amide bonds. The third-order valence-corrected chi connectivity index (χ3v) is 3.78. The molecule has 0 spiro atoms. The van der Waals surface area contributed by atoms with Crippen molar-refractivity contribution in [1.29, 1.82) is 0 Å². The van der Waals surface area contributed by atoms with Crippen LogP contribution < -0.4 is 10.6 Å². The Bertz CT molecular complexity index is 720. The molecule has 0 bridgehead atoms. The second-order valence-corrected chi connectivity index (χ2v) is 6.15. The van der Waals surface area contributed by atoms with Crippen molar-refractivity contribution in [2.75, 3.05) is 19.6 Å². The number of nitrogens with one attached hydrogen (secondary N) is 2. The van der Waals surface area contributed by atoms with Crippen LogP contribution in [0.4, 0.5) is 4.39 Å². The third kappa shape index (κ3) is 6.66. The number of benzene rings is 1. The van der Waals surface area contributed by atoms with Crippen LogP contribution in [0.3, 0.4) is 0 Å². The molecule has 26 heavy (non-hydrogen) atoms. The molecule has 2 aromatic rings. The summed E-state index contributed by atoms with van der Waals surface area (Å²) in [5, 5.41) is 14.7. The second kappa shape index (κ2) is 10.3. The van der Waals surface area contributed by atoms with E-state index in [0.717, 1.165) is 42.3 Å². The summed E-state index contributed by atoms with van der Waals surface area (Å²) in [5.41, 5.74) is 2.08. The van der Waals surface area contributed by atoms with Gasteiger partial charge in [-0.2, -0.15) is 0 Å². The van der Waals surface area contributed by atoms with Crippen molar-refractivity contribution in [3.05, 3.63) is 59.9 Å². The molecule has 1 aromatic heterocycles. The topological polar surface area (TPSA) is 67.1 Å². The van der Waals surface area contributed by atoms with Crippen molar-refractivity contribution in [2.45, 2.75) is 33.2 Å². The fourth-order valence-electron chi connectivity index (χ4n) is 2.40. The van der Waals surface area contributed by atoms with Crippen LogP contribution in [0.1, 0.15) is 25.2 Å². The van der Waals surface area contributed by atoms with Gasteiger partial charge in [0, 0.05) is 26.1 Å². The highest BCUT2D eigenvalue weighted by atomic mass is 19.1. The van der Waals surface area contributed by atoms with Gasteiger partial charge >= 0.3 is 0 Å². The Balaban J connectivity index is 1.83. The molecule has 0 radical (unpaired) electrons. The Hall–Kier alpha value is -2.70. The average molecular weight is 358 g/mol. The number of hydrogen-bond acceptors (Lipinski definition) is 3. The molecule has 0 unspecified atom stereocenters. The highest BCUT2D eigenvalue weighted by Crippen LogP contribution is 2.02. The monoisotopic (exact) mass is 358 g/mol. The van der Waals surface area contributed by atoms with Gasteiger partial charge in [-0.1, -0.05) is 31.2 Å². The number of rotatable bonds is 9. The van der Waals surface area contributed by atoms with Crippen LogP contribution in [0.25, 0.3) is 0 Å². The number of aryl methyl sites for hydroxylation is 1. The molecule has 2 rings (SSSR count). The average Bonchev–Trinajstić information content (AvgIpc) is 3.08. The Kier molecular flexibility index (Phi) is 7.79. The van der Waals surface area contributed by atoms with Gasteiger partial charge in [-0.05, 0) is 31.0 Å². The lowest BCUT2D eigenvalue weighted by Crippen LogP contribution is -2.40. The first-order valence-corrected chi connectivity index (χ1v) is 8.86.